The van der Waals surface area contributed by atoms with E-state index in [1.54, 1.807) is 6.08 Å². The highest BCUT2D eigenvalue weighted by Crippen LogP contribution is 2.30. The van der Waals surface area contributed by atoms with Gasteiger partial charge in [0, 0.05) is 0 Å². The van der Waals surface area contributed by atoms with Gasteiger partial charge < -0.3 is 5.11 Å². The molecule has 0 aromatic rings. The lowest BCUT2D eigenvalue weighted by molar-refractivity contribution is -0.144. The van der Waals surface area contributed by atoms with Gasteiger partial charge in [-0.25, -0.2) is 0 Å². The Morgan fingerprint density at radius 3 is 2.83 bits per heavy atom. The maximum atomic E-state index is 10.9. The predicted molar refractivity (Wildman–Crippen MR) is 47.7 cm³/mol. The topological polar surface area (TPSA) is 37.3 Å². The Balaban J connectivity index is 2.83. The van der Waals surface area contributed by atoms with Crippen molar-refractivity contribution in [1.82, 2.24) is 0 Å². The Kier molecular flexibility index (Phi) is 2.69. The van der Waals surface area contributed by atoms with Crippen molar-refractivity contribution < 1.29 is 9.90 Å². The van der Waals surface area contributed by atoms with Crippen molar-refractivity contribution in [2.45, 2.75) is 13.3 Å². The number of carboxylic acids is 1. The molecule has 0 aromatic heterocycles. The van der Waals surface area contributed by atoms with Crippen molar-refractivity contribution in [1.29, 1.82) is 0 Å². The van der Waals surface area contributed by atoms with Gasteiger partial charge in [-0.2, -0.15) is 0 Å². The van der Waals surface area contributed by atoms with Crippen LogP contribution >= 0.6 is 0 Å². The van der Waals surface area contributed by atoms with Crippen LogP contribution in [0.3, 0.4) is 0 Å². The van der Waals surface area contributed by atoms with Crippen molar-refractivity contribution in [2.24, 2.45) is 17.8 Å². The van der Waals surface area contributed by atoms with Crippen molar-refractivity contribution in [2.75, 3.05) is 0 Å². The molecule has 0 fully saturated rings. The van der Waals surface area contributed by atoms with E-state index in [1.807, 2.05) is 19.1 Å². The van der Waals surface area contributed by atoms with Gasteiger partial charge in [0.15, 0.2) is 0 Å². The molecule has 1 aliphatic rings. The summed E-state index contributed by atoms with van der Waals surface area (Å²) in [6.07, 6.45) is 6.57. The zero-order valence-corrected chi connectivity index (χ0v) is 7.23. The Morgan fingerprint density at radius 1 is 1.75 bits per heavy atom. The van der Waals surface area contributed by atoms with Crippen molar-refractivity contribution in [3.05, 3.63) is 24.8 Å². The van der Waals surface area contributed by atoms with E-state index >= 15 is 0 Å². The normalized spacial score (nSPS) is 34.6. The van der Waals surface area contributed by atoms with Crippen LogP contribution in [0.4, 0.5) is 0 Å². The molecule has 0 heterocycles. The number of allylic oxidation sites excluding steroid dienone is 3. The number of aliphatic carboxylic acids is 1. The van der Waals surface area contributed by atoms with Gasteiger partial charge in [-0.15, -0.1) is 6.58 Å². The predicted octanol–water partition coefficient (Wildman–Crippen LogP) is 2.09. The second kappa shape index (κ2) is 3.57. The van der Waals surface area contributed by atoms with Gasteiger partial charge in [-0.05, 0) is 18.3 Å². The second-order valence-corrected chi connectivity index (χ2v) is 3.29. The number of carbonyl (C=O) groups is 1. The van der Waals surface area contributed by atoms with Gasteiger partial charge in [0.1, 0.15) is 0 Å². The summed E-state index contributed by atoms with van der Waals surface area (Å²) in [5, 5.41) is 8.93. The van der Waals surface area contributed by atoms with Crippen LogP contribution in [0, 0.1) is 17.8 Å². The summed E-state index contributed by atoms with van der Waals surface area (Å²) >= 11 is 0. The van der Waals surface area contributed by atoms with E-state index < -0.39 is 5.97 Å². The molecule has 0 saturated heterocycles. The third-order valence-electron chi connectivity index (χ3n) is 2.46. The first-order valence-electron chi connectivity index (χ1n) is 4.19. The Bertz CT molecular complexity index is 218. The van der Waals surface area contributed by atoms with E-state index in [4.69, 9.17) is 5.11 Å². The van der Waals surface area contributed by atoms with Gasteiger partial charge in [0.05, 0.1) is 5.92 Å². The number of carboxylic acid groups (broad SMARTS) is 1. The average Bonchev–Trinajstić information content (AvgIpc) is 2.03. The van der Waals surface area contributed by atoms with Crippen LogP contribution in [0.25, 0.3) is 0 Å². The van der Waals surface area contributed by atoms with E-state index in [-0.39, 0.29) is 17.8 Å². The quantitative estimate of drug-likeness (QED) is 0.638. The highest BCUT2D eigenvalue weighted by molar-refractivity contribution is 5.71. The summed E-state index contributed by atoms with van der Waals surface area (Å²) in [6, 6.07) is 0. The lowest BCUT2D eigenvalue weighted by Crippen LogP contribution is -2.29. The number of rotatable bonds is 2. The van der Waals surface area contributed by atoms with E-state index in [9.17, 15) is 4.79 Å². The first kappa shape index (κ1) is 9.04. The van der Waals surface area contributed by atoms with Crippen LogP contribution < -0.4 is 0 Å². The SMILES string of the molecule is C=C[C@H]1CC=C[C@@H](C)[C@H]1C(=O)O. The fourth-order valence-electron chi connectivity index (χ4n) is 1.76. The minimum atomic E-state index is -0.711. The zero-order chi connectivity index (χ0) is 9.14. The first-order valence-corrected chi connectivity index (χ1v) is 4.19. The van der Waals surface area contributed by atoms with E-state index in [1.165, 1.54) is 0 Å². The minimum Gasteiger partial charge on any atom is -0.481 e. The second-order valence-electron chi connectivity index (χ2n) is 3.29. The molecule has 12 heavy (non-hydrogen) atoms. The van der Waals surface area contributed by atoms with Gasteiger partial charge in [0.25, 0.3) is 0 Å². The molecule has 1 rings (SSSR count). The third kappa shape index (κ3) is 1.58. The summed E-state index contributed by atoms with van der Waals surface area (Å²) < 4.78 is 0. The average molecular weight is 166 g/mol. The molecule has 66 valence electrons. The van der Waals surface area contributed by atoms with Gasteiger partial charge in [0.2, 0.25) is 0 Å². The molecule has 0 spiro atoms. The molecule has 0 aromatic carbocycles. The molecule has 2 nitrogen and oxygen atoms in total. The molecule has 0 unspecified atom stereocenters. The molecule has 2 heteroatoms. The van der Waals surface area contributed by atoms with Gasteiger partial charge >= 0.3 is 5.97 Å². The summed E-state index contributed by atoms with van der Waals surface area (Å²) in [5.41, 5.74) is 0. The van der Waals surface area contributed by atoms with Crippen LogP contribution in [-0.4, -0.2) is 11.1 Å². The molecule has 0 saturated carbocycles. The van der Waals surface area contributed by atoms with Gasteiger partial charge in [-0.3, -0.25) is 4.79 Å². The minimum absolute atomic E-state index is 0.0995. The van der Waals surface area contributed by atoms with Gasteiger partial charge in [-0.1, -0.05) is 25.2 Å². The summed E-state index contributed by atoms with van der Waals surface area (Å²) in [6.45, 7) is 5.59. The molecule has 1 N–H and O–H groups in total. The van der Waals surface area contributed by atoms with Crippen molar-refractivity contribution in [3.8, 4) is 0 Å². The standard InChI is InChI=1S/C10H14O2/c1-3-8-6-4-5-7(2)9(8)10(11)12/h3-5,7-9H,1,6H2,2H3,(H,11,12)/t7-,8+,9-/m1/s1. The van der Waals surface area contributed by atoms with E-state index in [0.717, 1.165) is 6.42 Å². The molecule has 0 radical (unpaired) electrons. The van der Waals surface area contributed by atoms with Crippen LogP contribution in [-0.2, 0) is 4.79 Å². The maximum Gasteiger partial charge on any atom is 0.307 e. The molecular formula is C10H14O2. The molecule has 1 aliphatic carbocycles. The Hall–Kier alpha value is -1.05. The largest absolute Gasteiger partial charge is 0.481 e. The Labute approximate surface area is 72.6 Å². The monoisotopic (exact) mass is 166 g/mol. The highest BCUT2D eigenvalue weighted by Gasteiger charge is 2.31. The van der Waals surface area contributed by atoms with Crippen molar-refractivity contribution >= 4 is 5.97 Å². The lowest BCUT2D eigenvalue weighted by atomic mass is 9.77. The number of hydrogen-bond donors (Lipinski definition) is 1. The number of hydrogen-bond acceptors (Lipinski definition) is 1. The van der Waals surface area contributed by atoms with E-state index in [2.05, 4.69) is 6.58 Å². The van der Waals surface area contributed by atoms with Crippen molar-refractivity contribution in [3.63, 3.8) is 0 Å². The third-order valence-corrected chi connectivity index (χ3v) is 2.46. The maximum absolute atomic E-state index is 10.9. The van der Waals surface area contributed by atoms with Crippen LogP contribution in [0.2, 0.25) is 0 Å². The molecular weight excluding hydrogens is 152 g/mol. The van der Waals surface area contributed by atoms with Crippen LogP contribution in [0.15, 0.2) is 24.8 Å². The molecule has 0 bridgehead atoms. The molecule has 0 amide bonds. The zero-order valence-electron chi connectivity index (χ0n) is 7.23. The van der Waals surface area contributed by atoms with E-state index in [0.29, 0.717) is 0 Å². The lowest BCUT2D eigenvalue weighted by Gasteiger charge is -2.27. The molecule has 3 atom stereocenters. The fraction of sp³-hybridized carbons (Fsp3) is 0.500. The highest BCUT2D eigenvalue weighted by atomic mass is 16.4. The smallest absolute Gasteiger partial charge is 0.307 e. The van der Waals surface area contributed by atoms with Crippen LogP contribution in [0.5, 0.6) is 0 Å². The summed E-state index contributed by atoms with van der Waals surface area (Å²) in [4.78, 5) is 10.9. The fourth-order valence-corrected chi connectivity index (χ4v) is 1.76. The Morgan fingerprint density at radius 2 is 2.42 bits per heavy atom. The molecule has 0 aliphatic heterocycles. The van der Waals surface area contributed by atoms with Crippen LogP contribution in [0.1, 0.15) is 13.3 Å². The summed E-state index contributed by atoms with van der Waals surface area (Å²) in [7, 11) is 0. The summed E-state index contributed by atoms with van der Waals surface area (Å²) in [5.74, 6) is -0.772. The first-order chi connectivity index (χ1) is 5.66.